The standard InChI is InChI=1S/C17H27NO/c1-4-13-19-16-9-5-14(6-10-16)17(2,3)11-12-18-15-7-8-15/h5-6,9-10,15,18H,4,7-8,11-13H2,1-3H3. The molecule has 1 aromatic rings. The summed E-state index contributed by atoms with van der Waals surface area (Å²) in [5.74, 6) is 0.984. The van der Waals surface area contributed by atoms with E-state index in [9.17, 15) is 0 Å². The molecule has 0 aromatic heterocycles. The molecule has 19 heavy (non-hydrogen) atoms. The van der Waals surface area contributed by atoms with E-state index in [2.05, 4.69) is 50.4 Å². The largest absolute Gasteiger partial charge is 0.494 e. The van der Waals surface area contributed by atoms with Crippen molar-refractivity contribution in [2.75, 3.05) is 13.2 Å². The quantitative estimate of drug-likeness (QED) is 0.766. The molecular weight excluding hydrogens is 234 g/mol. The topological polar surface area (TPSA) is 21.3 Å². The van der Waals surface area contributed by atoms with Crippen molar-refractivity contribution < 1.29 is 4.74 Å². The first-order valence-corrected chi connectivity index (χ1v) is 7.58. The Morgan fingerprint density at radius 3 is 2.47 bits per heavy atom. The smallest absolute Gasteiger partial charge is 0.119 e. The van der Waals surface area contributed by atoms with Crippen LogP contribution in [-0.4, -0.2) is 19.2 Å². The summed E-state index contributed by atoms with van der Waals surface area (Å²) in [5, 5.41) is 3.60. The van der Waals surface area contributed by atoms with Crippen molar-refractivity contribution in [3.63, 3.8) is 0 Å². The predicted octanol–water partition coefficient (Wildman–Crippen LogP) is 3.90. The average Bonchev–Trinajstić information content (AvgIpc) is 3.21. The van der Waals surface area contributed by atoms with Crippen LogP contribution in [0.4, 0.5) is 0 Å². The molecule has 106 valence electrons. The lowest BCUT2D eigenvalue weighted by molar-refractivity contribution is 0.317. The Balaban J connectivity index is 1.86. The molecule has 2 heteroatoms. The van der Waals surface area contributed by atoms with Crippen molar-refractivity contribution in [2.24, 2.45) is 0 Å². The molecule has 1 aliphatic rings. The summed E-state index contributed by atoms with van der Waals surface area (Å²) in [6.45, 7) is 8.69. The van der Waals surface area contributed by atoms with E-state index in [1.165, 1.54) is 24.8 Å². The van der Waals surface area contributed by atoms with Crippen molar-refractivity contribution in [3.8, 4) is 5.75 Å². The number of rotatable bonds is 8. The van der Waals surface area contributed by atoms with Crippen LogP contribution in [-0.2, 0) is 5.41 Å². The SMILES string of the molecule is CCCOc1ccc(C(C)(C)CCNC2CC2)cc1. The number of ether oxygens (including phenoxy) is 1. The Labute approximate surface area is 117 Å². The molecule has 1 fully saturated rings. The Morgan fingerprint density at radius 2 is 1.89 bits per heavy atom. The van der Waals surface area contributed by atoms with Crippen LogP contribution < -0.4 is 10.1 Å². The maximum absolute atomic E-state index is 5.63. The zero-order valence-corrected chi connectivity index (χ0v) is 12.5. The minimum absolute atomic E-state index is 0.227. The Bertz CT molecular complexity index is 379. The second kappa shape index (κ2) is 6.42. The van der Waals surface area contributed by atoms with Crippen molar-refractivity contribution in [1.82, 2.24) is 5.32 Å². The van der Waals surface area contributed by atoms with Crippen LogP contribution in [0.2, 0.25) is 0 Å². The Kier molecular flexibility index (Phi) is 4.87. The van der Waals surface area contributed by atoms with Gasteiger partial charge in [-0.1, -0.05) is 32.9 Å². The number of benzene rings is 1. The lowest BCUT2D eigenvalue weighted by atomic mass is 9.81. The molecule has 1 aliphatic carbocycles. The van der Waals surface area contributed by atoms with Gasteiger partial charge in [0.25, 0.3) is 0 Å². The third-order valence-corrected chi connectivity index (χ3v) is 3.87. The summed E-state index contributed by atoms with van der Waals surface area (Å²) in [6, 6.07) is 9.42. The molecule has 0 atom stereocenters. The molecule has 2 nitrogen and oxygen atoms in total. The van der Waals surface area contributed by atoms with Gasteiger partial charge >= 0.3 is 0 Å². The van der Waals surface area contributed by atoms with Crippen LogP contribution in [0, 0.1) is 0 Å². The third-order valence-electron chi connectivity index (χ3n) is 3.87. The molecule has 0 aliphatic heterocycles. The van der Waals surface area contributed by atoms with Gasteiger partial charge in [0.15, 0.2) is 0 Å². The van der Waals surface area contributed by atoms with Gasteiger partial charge in [-0.2, -0.15) is 0 Å². The first-order chi connectivity index (χ1) is 9.12. The number of hydrogen-bond donors (Lipinski definition) is 1. The van der Waals surface area contributed by atoms with E-state index in [0.29, 0.717) is 0 Å². The fraction of sp³-hybridized carbons (Fsp3) is 0.647. The molecule has 0 amide bonds. The second-order valence-corrected chi connectivity index (χ2v) is 6.24. The zero-order valence-electron chi connectivity index (χ0n) is 12.5. The number of hydrogen-bond acceptors (Lipinski definition) is 2. The van der Waals surface area contributed by atoms with Crippen LogP contribution in [0.5, 0.6) is 5.75 Å². The lowest BCUT2D eigenvalue weighted by Crippen LogP contribution is -2.26. The molecule has 0 radical (unpaired) electrons. The normalized spacial score (nSPS) is 15.5. The molecule has 0 heterocycles. The van der Waals surface area contributed by atoms with Crippen LogP contribution in [0.1, 0.15) is 52.0 Å². The van der Waals surface area contributed by atoms with Gasteiger partial charge < -0.3 is 10.1 Å². The summed E-state index contributed by atoms with van der Waals surface area (Å²) < 4.78 is 5.63. The maximum atomic E-state index is 5.63. The van der Waals surface area contributed by atoms with E-state index < -0.39 is 0 Å². The van der Waals surface area contributed by atoms with Gasteiger partial charge in [0, 0.05) is 6.04 Å². The summed E-state index contributed by atoms with van der Waals surface area (Å²) in [5.41, 5.74) is 1.62. The predicted molar refractivity (Wildman–Crippen MR) is 80.9 cm³/mol. The van der Waals surface area contributed by atoms with Crippen molar-refractivity contribution in [3.05, 3.63) is 29.8 Å². The highest BCUT2D eigenvalue weighted by atomic mass is 16.5. The summed E-state index contributed by atoms with van der Waals surface area (Å²) >= 11 is 0. The van der Waals surface area contributed by atoms with Gasteiger partial charge in [0.05, 0.1) is 6.61 Å². The third kappa shape index (κ3) is 4.54. The van der Waals surface area contributed by atoms with Gasteiger partial charge in [-0.05, 0) is 55.3 Å². The Hall–Kier alpha value is -1.02. The fourth-order valence-corrected chi connectivity index (χ4v) is 2.24. The van der Waals surface area contributed by atoms with E-state index in [4.69, 9.17) is 4.74 Å². The maximum Gasteiger partial charge on any atom is 0.119 e. The van der Waals surface area contributed by atoms with Crippen LogP contribution in [0.15, 0.2) is 24.3 Å². The zero-order chi connectivity index (χ0) is 13.7. The van der Waals surface area contributed by atoms with E-state index in [0.717, 1.165) is 31.4 Å². The van der Waals surface area contributed by atoms with E-state index in [1.54, 1.807) is 0 Å². The molecule has 1 saturated carbocycles. The molecule has 0 unspecified atom stereocenters. The highest BCUT2D eigenvalue weighted by molar-refractivity contribution is 5.31. The van der Waals surface area contributed by atoms with E-state index in [-0.39, 0.29) is 5.41 Å². The molecule has 0 saturated heterocycles. The van der Waals surface area contributed by atoms with Gasteiger partial charge in [0.2, 0.25) is 0 Å². The van der Waals surface area contributed by atoms with Crippen LogP contribution in [0.3, 0.4) is 0 Å². The first kappa shape index (κ1) is 14.4. The van der Waals surface area contributed by atoms with Gasteiger partial charge in [-0.3, -0.25) is 0 Å². The highest BCUT2D eigenvalue weighted by Gasteiger charge is 2.24. The second-order valence-electron chi connectivity index (χ2n) is 6.24. The fourth-order valence-electron chi connectivity index (χ4n) is 2.24. The monoisotopic (exact) mass is 261 g/mol. The Morgan fingerprint density at radius 1 is 1.21 bits per heavy atom. The summed E-state index contributed by atoms with van der Waals surface area (Å²) in [7, 11) is 0. The van der Waals surface area contributed by atoms with Crippen LogP contribution >= 0.6 is 0 Å². The summed E-state index contributed by atoms with van der Waals surface area (Å²) in [4.78, 5) is 0. The first-order valence-electron chi connectivity index (χ1n) is 7.58. The average molecular weight is 261 g/mol. The van der Waals surface area contributed by atoms with Gasteiger partial charge in [0.1, 0.15) is 5.75 Å². The van der Waals surface area contributed by atoms with Crippen LogP contribution in [0.25, 0.3) is 0 Å². The van der Waals surface area contributed by atoms with Gasteiger partial charge in [-0.15, -0.1) is 0 Å². The van der Waals surface area contributed by atoms with E-state index in [1.807, 2.05) is 0 Å². The highest BCUT2D eigenvalue weighted by Crippen LogP contribution is 2.29. The molecule has 0 spiro atoms. The molecule has 1 N–H and O–H groups in total. The minimum Gasteiger partial charge on any atom is -0.494 e. The molecule has 0 bridgehead atoms. The number of nitrogens with one attached hydrogen (secondary N) is 1. The van der Waals surface area contributed by atoms with Crippen molar-refractivity contribution in [1.29, 1.82) is 0 Å². The van der Waals surface area contributed by atoms with Crippen molar-refractivity contribution in [2.45, 2.75) is 57.9 Å². The van der Waals surface area contributed by atoms with E-state index >= 15 is 0 Å². The van der Waals surface area contributed by atoms with Gasteiger partial charge in [-0.25, -0.2) is 0 Å². The minimum atomic E-state index is 0.227. The molecular formula is C17H27NO. The van der Waals surface area contributed by atoms with Crippen molar-refractivity contribution >= 4 is 0 Å². The molecule has 1 aromatic carbocycles. The molecule has 2 rings (SSSR count). The summed E-state index contributed by atoms with van der Waals surface area (Å²) in [6.07, 6.45) is 4.96. The lowest BCUT2D eigenvalue weighted by Gasteiger charge is -2.25.